The molecular weight excluding hydrogens is 324 g/mol. The molecule has 1 fully saturated rings. The Morgan fingerprint density at radius 3 is 2.95 bits per heavy atom. The van der Waals surface area contributed by atoms with E-state index in [0.717, 1.165) is 29.0 Å². The average Bonchev–Trinajstić information content (AvgIpc) is 2.64. The number of carboxylic acid groups (broad SMARTS) is 1. The van der Waals surface area contributed by atoms with Crippen molar-refractivity contribution >= 4 is 33.6 Å². The second-order valence-electron chi connectivity index (χ2n) is 4.63. The lowest BCUT2D eigenvalue weighted by Crippen LogP contribution is -2.30. The highest BCUT2D eigenvalue weighted by Gasteiger charge is 2.17. The summed E-state index contributed by atoms with van der Waals surface area (Å²) in [7, 11) is 1.85. The Bertz CT molecular complexity index is 521. The number of hydrogen-bond donors (Lipinski definition) is 1. The minimum absolute atomic E-state index is 0.508. The predicted octanol–water partition coefficient (Wildman–Crippen LogP) is 2.80. The maximum Gasteiger partial charge on any atom is 0.407 e. The van der Waals surface area contributed by atoms with Gasteiger partial charge in [-0.15, -0.1) is 0 Å². The van der Waals surface area contributed by atoms with E-state index in [-0.39, 0.29) is 0 Å². The molecule has 0 aromatic carbocycles. The van der Waals surface area contributed by atoms with E-state index in [9.17, 15) is 4.79 Å². The van der Waals surface area contributed by atoms with Gasteiger partial charge in [0.05, 0.1) is 0 Å². The number of pyridine rings is 1. The molecular formula is C13H17BrN4O2. The molecule has 108 valence electrons. The molecule has 0 spiro atoms. The molecule has 1 N–H and O–H groups in total. The van der Waals surface area contributed by atoms with Crippen LogP contribution in [0.15, 0.2) is 27.9 Å². The first-order chi connectivity index (χ1) is 9.56. The lowest BCUT2D eigenvalue weighted by molar-refractivity contribution is 0.147. The number of rotatable bonds is 2. The maximum absolute atomic E-state index is 11.0. The van der Waals surface area contributed by atoms with E-state index in [2.05, 4.69) is 26.0 Å². The molecule has 1 amide bonds. The molecule has 1 saturated heterocycles. The average molecular weight is 341 g/mol. The summed E-state index contributed by atoms with van der Waals surface area (Å²) in [6.45, 7) is 1.08. The molecule has 0 saturated carbocycles. The van der Waals surface area contributed by atoms with Crippen LogP contribution < -0.4 is 5.01 Å². The monoisotopic (exact) mass is 340 g/mol. The van der Waals surface area contributed by atoms with Gasteiger partial charge in [0.25, 0.3) is 0 Å². The van der Waals surface area contributed by atoms with Crippen LogP contribution in [0.25, 0.3) is 0 Å². The van der Waals surface area contributed by atoms with Crippen LogP contribution in [-0.2, 0) is 0 Å². The van der Waals surface area contributed by atoms with Gasteiger partial charge in [0, 0.05) is 32.3 Å². The smallest absolute Gasteiger partial charge is 0.407 e. The van der Waals surface area contributed by atoms with Gasteiger partial charge in [-0.25, -0.2) is 9.78 Å². The number of hydrazone groups is 1. The van der Waals surface area contributed by atoms with E-state index in [4.69, 9.17) is 5.11 Å². The van der Waals surface area contributed by atoms with Gasteiger partial charge in [0.2, 0.25) is 0 Å². The Labute approximate surface area is 126 Å². The van der Waals surface area contributed by atoms with Crippen molar-refractivity contribution in [2.24, 2.45) is 5.10 Å². The highest BCUT2D eigenvalue weighted by atomic mass is 79.9. The second kappa shape index (κ2) is 6.69. The molecule has 0 aliphatic carbocycles. The van der Waals surface area contributed by atoms with E-state index in [1.807, 2.05) is 25.2 Å². The zero-order valence-corrected chi connectivity index (χ0v) is 12.9. The third kappa shape index (κ3) is 3.93. The van der Waals surface area contributed by atoms with E-state index in [1.54, 1.807) is 5.01 Å². The molecule has 2 heterocycles. The Morgan fingerprint density at radius 1 is 1.45 bits per heavy atom. The van der Waals surface area contributed by atoms with Crippen molar-refractivity contribution in [3.8, 4) is 0 Å². The van der Waals surface area contributed by atoms with Gasteiger partial charge in [-0.3, -0.25) is 5.01 Å². The lowest BCUT2D eigenvalue weighted by atomic mass is 10.2. The summed E-state index contributed by atoms with van der Waals surface area (Å²) in [6, 6.07) is 5.65. The quantitative estimate of drug-likeness (QED) is 0.663. The zero-order chi connectivity index (χ0) is 14.5. The van der Waals surface area contributed by atoms with Crippen molar-refractivity contribution in [2.75, 3.05) is 25.1 Å². The van der Waals surface area contributed by atoms with E-state index in [1.165, 1.54) is 4.90 Å². The molecule has 2 rings (SSSR count). The second-order valence-corrected chi connectivity index (χ2v) is 5.44. The van der Waals surface area contributed by atoms with Crippen molar-refractivity contribution in [1.29, 1.82) is 0 Å². The Balaban J connectivity index is 2.05. The maximum atomic E-state index is 11.0. The Hall–Kier alpha value is -1.63. The van der Waals surface area contributed by atoms with Gasteiger partial charge in [0.15, 0.2) is 0 Å². The SMILES string of the molecule is CN(/N=C1/CCCN(C(=O)O)CC1)c1cccc(Br)n1. The minimum atomic E-state index is -0.853. The van der Waals surface area contributed by atoms with Gasteiger partial charge in [-0.05, 0) is 40.9 Å². The number of hydrogen-bond acceptors (Lipinski definition) is 4. The van der Waals surface area contributed by atoms with Crippen LogP contribution in [0.4, 0.5) is 10.6 Å². The van der Waals surface area contributed by atoms with Crippen LogP contribution in [0.2, 0.25) is 0 Å². The zero-order valence-electron chi connectivity index (χ0n) is 11.3. The fourth-order valence-corrected chi connectivity index (χ4v) is 2.44. The van der Waals surface area contributed by atoms with Gasteiger partial charge in [-0.1, -0.05) is 6.07 Å². The summed E-state index contributed by atoms with van der Waals surface area (Å²) in [5.41, 5.74) is 1.01. The number of halogens is 1. The third-order valence-corrected chi connectivity index (χ3v) is 3.60. The largest absolute Gasteiger partial charge is 0.465 e. The molecule has 0 bridgehead atoms. The number of nitrogens with zero attached hydrogens (tertiary/aromatic N) is 4. The fourth-order valence-electron chi connectivity index (χ4n) is 2.11. The standard InChI is InChI=1S/C13H17BrN4O2/c1-17(12-6-2-5-11(14)15-12)16-10-4-3-8-18(9-7-10)13(19)20/h2,5-6H,3-4,7-9H2,1H3,(H,19,20)/b16-10-. The molecule has 7 heteroatoms. The van der Waals surface area contributed by atoms with Gasteiger partial charge in [-0.2, -0.15) is 5.10 Å². The summed E-state index contributed by atoms with van der Waals surface area (Å²) >= 11 is 3.33. The van der Waals surface area contributed by atoms with Crippen LogP contribution in [0.5, 0.6) is 0 Å². The number of amides is 1. The molecule has 1 aromatic rings. The number of carbonyl (C=O) groups is 1. The van der Waals surface area contributed by atoms with Gasteiger partial charge >= 0.3 is 6.09 Å². The molecule has 0 atom stereocenters. The van der Waals surface area contributed by atoms with Gasteiger partial charge in [0.1, 0.15) is 10.4 Å². The summed E-state index contributed by atoms with van der Waals surface area (Å²) in [5, 5.41) is 15.3. The van der Waals surface area contributed by atoms with Crippen molar-refractivity contribution in [3.63, 3.8) is 0 Å². The predicted molar refractivity (Wildman–Crippen MR) is 81.2 cm³/mol. The van der Waals surface area contributed by atoms with E-state index < -0.39 is 6.09 Å². The normalized spacial score (nSPS) is 17.9. The van der Waals surface area contributed by atoms with Crippen LogP contribution in [0.3, 0.4) is 0 Å². The summed E-state index contributed by atoms with van der Waals surface area (Å²) < 4.78 is 0.764. The number of likely N-dealkylation sites (tertiary alicyclic amines) is 1. The molecule has 0 unspecified atom stereocenters. The molecule has 1 aliphatic rings. The Morgan fingerprint density at radius 2 is 2.25 bits per heavy atom. The van der Waals surface area contributed by atoms with E-state index >= 15 is 0 Å². The van der Waals surface area contributed by atoms with E-state index in [0.29, 0.717) is 19.5 Å². The summed E-state index contributed by atoms with van der Waals surface area (Å²) in [4.78, 5) is 16.7. The van der Waals surface area contributed by atoms with Crippen LogP contribution >= 0.6 is 15.9 Å². The molecule has 20 heavy (non-hydrogen) atoms. The first-order valence-electron chi connectivity index (χ1n) is 6.47. The third-order valence-electron chi connectivity index (χ3n) is 3.16. The van der Waals surface area contributed by atoms with Crippen molar-refractivity contribution in [3.05, 3.63) is 22.8 Å². The highest BCUT2D eigenvalue weighted by Crippen LogP contribution is 2.15. The lowest BCUT2D eigenvalue weighted by Gasteiger charge is -2.15. The highest BCUT2D eigenvalue weighted by molar-refractivity contribution is 9.10. The topological polar surface area (TPSA) is 69.0 Å². The first kappa shape index (κ1) is 14.8. The molecule has 1 aliphatic heterocycles. The van der Waals surface area contributed by atoms with Crippen molar-refractivity contribution < 1.29 is 9.90 Å². The molecule has 0 radical (unpaired) electrons. The summed E-state index contributed by atoms with van der Waals surface area (Å²) in [6.07, 6.45) is 1.45. The molecule has 1 aromatic heterocycles. The van der Waals surface area contributed by atoms with Crippen molar-refractivity contribution in [2.45, 2.75) is 19.3 Å². The van der Waals surface area contributed by atoms with Crippen molar-refractivity contribution in [1.82, 2.24) is 9.88 Å². The molecule has 6 nitrogen and oxygen atoms in total. The van der Waals surface area contributed by atoms with Crippen LogP contribution in [0.1, 0.15) is 19.3 Å². The fraction of sp³-hybridized carbons (Fsp3) is 0.462. The van der Waals surface area contributed by atoms with Crippen LogP contribution in [-0.4, -0.2) is 46.9 Å². The Kier molecular flexibility index (Phi) is 4.94. The number of aromatic nitrogens is 1. The minimum Gasteiger partial charge on any atom is -0.465 e. The first-order valence-corrected chi connectivity index (χ1v) is 7.26. The van der Waals surface area contributed by atoms with Crippen LogP contribution in [0, 0.1) is 0 Å². The summed E-state index contributed by atoms with van der Waals surface area (Å²) in [5.74, 6) is 0.756. The number of anilines is 1. The van der Waals surface area contributed by atoms with Gasteiger partial charge < -0.3 is 10.0 Å².